The van der Waals surface area contributed by atoms with Gasteiger partial charge in [0.25, 0.3) is 0 Å². The average molecular weight is 471 g/mol. The SMILES string of the molecule is C=CCC1=C(OC)[C@@]2(CC=C)C[C@@H]3[C@@H](c4ccc(OC)cc4)[C@](O)(c4ccccc4)[C@]3(C1=O)C2=O. The number of allylic oxidation sites excluding steroid dienone is 4. The Labute approximate surface area is 205 Å². The fraction of sp³-hybridized carbons (Fsp3) is 0.333. The average Bonchev–Trinajstić information content (AvgIpc) is 3.06. The number of aliphatic hydroxyl groups is 1. The van der Waals surface area contributed by atoms with Gasteiger partial charge < -0.3 is 14.6 Å². The number of ether oxygens (including phenoxy) is 2. The van der Waals surface area contributed by atoms with Crippen molar-refractivity contribution in [2.75, 3.05) is 14.2 Å². The van der Waals surface area contributed by atoms with Crippen LogP contribution in [0.1, 0.15) is 36.3 Å². The third-order valence-corrected chi connectivity index (χ3v) is 8.45. The lowest BCUT2D eigenvalue weighted by Crippen LogP contribution is -2.72. The molecule has 2 aromatic rings. The molecule has 35 heavy (non-hydrogen) atoms. The minimum atomic E-state index is -1.71. The van der Waals surface area contributed by atoms with Gasteiger partial charge in [-0.15, -0.1) is 13.2 Å². The van der Waals surface area contributed by atoms with Crippen LogP contribution in [0.5, 0.6) is 5.75 Å². The van der Waals surface area contributed by atoms with Crippen molar-refractivity contribution in [1.29, 1.82) is 0 Å². The number of benzene rings is 2. The van der Waals surface area contributed by atoms with Gasteiger partial charge in [-0.3, -0.25) is 9.59 Å². The van der Waals surface area contributed by atoms with Gasteiger partial charge in [-0.05, 0) is 48.4 Å². The first-order valence-electron chi connectivity index (χ1n) is 11.9. The predicted octanol–water partition coefficient (Wildman–Crippen LogP) is 4.88. The Balaban J connectivity index is 1.80. The van der Waals surface area contributed by atoms with Gasteiger partial charge in [-0.2, -0.15) is 0 Å². The number of methoxy groups -OCH3 is 2. The van der Waals surface area contributed by atoms with E-state index >= 15 is 0 Å². The molecule has 1 spiro atoms. The largest absolute Gasteiger partial charge is 0.500 e. The molecule has 0 amide bonds. The summed E-state index contributed by atoms with van der Waals surface area (Å²) in [5.41, 5.74) is -2.50. The van der Waals surface area contributed by atoms with Crippen LogP contribution in [0.4, 0.5) is 0 Å². The molecular formula is C30H30O5. The monoisotopic (exact) mass is 470 g/mol. The topological polar surface area (TPSA) is 72.8 Å². The van der Waals surface area contributed by atoms with Crippen LogP contribution in [0.25, 0.3) is 0 Å². The minimum Gasteiger partial charge on any atom is -0.500 e. The van der Waals surface area contributed by atoms with Crippen molar-refractivity contribution < 1.29 is 24.2 Å². The van der Waals surface area contributed by atoms with Gasteiger partial charge in [-0.1, -0.05) is 54.6 Å². The van der Waals surface area contributed by atoms with Crippen molar-refractivity contribution in [2.24, 2.45) is 16.7 Å². The Morgan fingerprint density at radius 1 is 1.00 bits per heavy atom. The Bertz CT molecular complexity index is 1240. The molecule has 3 aliphatic rings. The van der Waals surface area contributed by atoms with E-state index in [-0.39, 0.29) is 18.0 Å². The van der Waals surface area contributed by atoms with Crippen LogP contribution in [0.15, 0.2) is 91.2 Å². The second-order valence-corrected chi connectivity index (χ2v) is 9.74. The maximum Gasteiger partial charge on any atom is 0.179 e. The molecule has 2 saturated carbocycles. The molecule has 2 bridgehead atoms. The van der Waals surface area contributed by atoms with Crippen LogP contribution in [0.3, 0.4) is 0 Å². The summed E-state index contributed by atoms with van der Waals surface area (Å²) in [4.78, 5) is 28.8. The van der Waals surface area contributed by atoms with E-state index in [1.807, 2.05) is 42.5 Å². The third kappa shape index (κ3) is 2.62. The fourth-order valence-electron chi connectivity index (χ4n) is 7.25. The van der Waals surface area contributed by atoms with Crippen LogP contribution in [-0.4, -0.2) is 30.9 Å². The van der Waals surface area contributed by atoms with Crippen LogP contribution >= 0.6 is 0 Å². The van der Waals surface area contributed by atoms with E-state index in [9.17, 15) is 14.7 Å². The molecule has 0 unspecified atom stereocenters. The molecule has 0 aliphatic heterocycles. The maximum atomic E-state index is 14.5. The molecular weight excluding hydrogens is 440 g/mol. The van der Waals surface area contributed by atoms with E-state index < -0.39 is 28.3 Å². The van der Waals surface area contributed by atoms with Gasteiger partial charge in [0.1, 0.15) is 22.5 Å². The molecule has 180 valence electrons. The molecule has 5 atom stereocenters. The van der Waals surface area contributed by atoms with Crippen LogP contribution in [-0.2, 0) is 19.9 Å². The molecule has 2 fully saturated rings. The van der Waals surface area contributed by atoms with Crippen LogP contribution in [0, 0.1) is 16.7 Å². The van der Waals surface area contributed by atoms with E-state index in [0.717, 1.165) is 5.56 Å². The first kappa shape index (κ1) is 23.3. The first-order chi connectivity index (χ1) is 16.9. The minimum absolute atomic E-state index is 0.263. The molecule has 3 aliphatic carbocycles. The summed E-state index contributed by atoms with van der Waals surface area (Å²) in [6.07, 6.45) is 4.36. The molecule has 2 aromatic carbocycles. The predicted molar refractivity (Wildman–Crippen MR) is 133 cm³/mol. The lowest BCUT2D eigenvalue weighted by atomic mass is 9.39. The zero-order valence-corrected chi connectivity index (χ0v) is 20.1. The standard InChI is InChI=1S/C30H30O5/c1-5-10-22-25(31)29-23(18-28(17-6-2,27(29)32)26(22)35-4)24(19-13-15-21(34-3)16-14-19)30(29,33)20-11-8-7-9-12-20/h5-9,11-16,23-24,33H,1-2,10,17-18H2,3-4H3/t23-,24-,28-,29-,30-/m1/s1. The summed E-state index contributed by atoms with van der Waals surface area (Å²) in [6, 6.07) is 16.6. The molecule has 5 rings (SSSR count). The lowest BCUT2D eigenvalue weighted by molar-refractivity contribution is -0.218. The summed E-state index contributed by atoms with van der Waals surface area (Å²) in [7, 11) is 3.11. The van der Waals surface area contributed by atoms with E-state index in [4.69, 9.17) is 9.47 Å². The van der Waals surface area contributed by atoms with Crippen molar-refractivity contribution in [1.82, 2.24) is 0 Å². The Morgan fingerprint density at radius 3 is 2.26 bits per heavy atom. The second kappa shape index (κ2) is 8.06. The molecule has 0 saturated heterocycles. The summed E-state index contributed by atoms with van der Waals surface area (Å²) in [5, 5.41) is 12.7. The molecule has 5 nitrogen and oxygen atoms in total. The number of hydrogen-bond acceptors (Lipinski definition) is 5. The van der Waals surface area contributed by atoms with Crippen LogP contribution in [0.2, 0.25) is 0 Å². The van der Waals surface area contributed by atoms with E-state index in [0.29, 0.717) is 35.5 Å². The number of rotatable bonds is 8. The Hall–Kier alpha value is -3.44. The highest BCUT2D eigenvalue weighted by molar-refractivity contribution is 6.24. The van der Waals surface area contributed by atoms with Crippen molar-refractivity contribution in [2.45, 2.75) is 30.8 Å². The number of carbonyl (C=O) groups is 2. The second-order valence-electron chi connectivity index (χ2n) is 9.74. The van der Waals surface area contributed by atoms with Gasteiger partial charge in [-0.25, -0.2) is 0 Å². The molecule has 0 aromatic heterocycles. The zero-order valence-electron chi connectivity index (χ0n) is 20.1. The summed E-state index contributed by atoms with van der Waals surface area (Å²) in [6.45, 7) is 7.73. The van der Waals surface area contributed by atoms with Crippen LogP contribution < -0.4 is 4.74 Å². The third-order valence-electron chi connectivity index (χ3n) is 8.45. The number of hydrogen-bond donors (Lipinski definition) is 1. The fourth-order valence-corrected chi connectivity index (χ4v) is 7.25. The number of carbonyl (C=O) groups excluding carboxylic acids is 2. The molecule has 0 radical (unpaired) electrons. The van der Waals surface area contributed by atoms with E-state index in [2.05, 4.69) is 13.2 Å². The lowest BCUT2D eigenvalue weighted by Gasteiger charge is -2.63. The number of ketones is 2. The number of fused-ring (bicyclic) bond motifs is 1. The molecule has 0 heterocycles. The van der Waals surface area contributed by atoms with Gasteiger partial charge in [0.05, 0.1) is 19.6 Å². The summed E-state index contributed by atoms with van der Waals surface area (Å²) in [5.74, 6) is -0.373. The van der Waals surface area contributed by atoms with E-state index in [1.165, 1.54) is 7.11 Å². The smallest absolute Gasteiger partial charge is 0.179 e. The number of Topliss-reactive ketones (excluding diaryl/α,β-unsaturated/α-hetero) is 2. The first-order valence-corrected chi connectivity index (χ1v) is 11.9. The van der Waals surface area contributed by atoms with Gasteiger partial charge in [0.2, 0.25) is 0 Å². The van der Waals surface area contributed by atoms with Gasteiger partial charge >= 0.3 is 0 Å². The molecule has 1 N–H and O–H groups in total. The molecule has 5 heteroatoms. The van der Waals surface area contributed by atoms with Crippen molar-refractivity contribution in [3.63, 3.8) is 0 Å². The van der Waals surface area contributed by atoms with Crippen molar-refractivity contribution in [3.8, 4) is 5.75 Å². The quantitative estimate of drug-likeness (QED) is 0.440. The van der Waals surface area contributed by atoms with E-state index in [1.54, 1.807) is 31.4 Å². The van der Waals surface area contributed by atoms with Gasteiger partial charge in [0.15, 0.2) is 11.6 Å². The Kier molecular flexibility index (Phi) is 5.37. The van der Waals surface area contributed by atoms with Crippen molar-refractivity contribution >= 4 is 11.6 Å². The highest BCUT2D eigenvalue weighted by Gasteiger charge is 2.87. The van der Waals surface area contributed by atoms with Crippen molar-refractivity contribution in [3.05, 3.63) is 102 Å². The summed E-state index contributed by atoms with van der Waals surface area (Å²) < 4.78 is 11.1. The Morgan fingerprint density at radius 2 is 1.69 bits per heavy atom. The van der Waals surface area contributed by atoms with Gasteiger partial charge in [0, 0.05) is 11.5 Å². The maximum absolute atomic E-state index is 14.5. The highest BCUT2D eigenvalue weighted by Crippen LogP contribution is 2.79. The zero-order chi connectivity index (χ0) is 25.0. The highest BCUT2D eigenvalue weighted by atomic mass is 16.5. The summed E-state index contributed by atoms with van der Waals surface area (Å²) >= 11 is 0. The normalized spacial score (nSPS) is 33.1.